The molecule has 0 saturated carbocycles. The van der Waals surface area contributed by atoms with E-state index in [1.165, 1.54) is 10.7 Å². The Balaban J connectivity index is 1.93. The van der Waals surface area contributed by atoms with E-state index in [-0.39, 0.29) is 6.54 Å². The number of aromatic nitrogens is 2. The molecule has 2 heterocycles. The van der Waals surface area contributed by atoms with Crippen molar-refractivity contribution in [3.05, 3.63) is 36.2 Å². The standard InChI is InChI=1S/C11H10F3N3O2/c12-11(13,14)19-6-4-15-10(18)8-7-16-17-5-2-1-3-9(8)17/h1-3,5,7H,4,6H2,(H,15,18). The Morgan fingerprint density at radius 1 is 1.42 bits per heavy atom. The molecule has 8 heteroatoms. The minimum atomic E-state index is -4.69. The van der Waals surface area contributed by atoms with Crippen molar-refractivity contribution in [1.29, 1.82) is 0 Å². The molecular weight excluding hydrogens is 263 g/mol. The SMILES string of the molecule is O=C(NCCOC(F)(F)F)c1cnn2ccccc12. The van der Waals surface area contributed by atoms with Crippen molar-refractivity contribution in [3.8, 4) is 0 Å². The number of nitrogens with zero attached hydrogens (tertiary/aromatic N) is 2. The van der Waals surface area contributed by atoms with Crippen LogP contribution in [0.2, 0.25) is 0 Å². The zero-order chi connectivity index (χ0) is 13.9. The maximum atomic E-state index is 11.7. The molecule has 5 nitrogen and oxygen atoms in total. The number of carbonyl (C=O) groups is 1. The third kappa shape index (κ3) is 3.44. The third-order valence-corrected chi connectivity index (χ3v) is 2.32. The maximum Gasteiger partial charge on any atom is 0.522 e. The van der Waals surface area contributed by atoms with E-state index in [0.717, 1.165) is 0 Å². The zero-order valence-corrected chi connectivity index (χ0v) is 9.65. The summed E-state index contributed by atoms with van der Waals surface area (Å²) in [7, 11) is 0. The fourth-order valence-electron chi connectivity index (χ4n) is 1.54. The van der Waals surface area contributed by atoms with Crippen molar-refractivity contribution in [2.45, 2.75) is 6.36 Å². The Bertz CT molecular complexity index is 580. The van der Waals surface area contributed by atoms with E-state index >= 15 is 0 Å². The molecule has 0 aliphatic rings. The van der Waals surface area contributed by atoms with Crippen LogP contribution in [0.1, 0.15) is 10.4 Å². The van der Waals surface area contributed by atoms with E-state index in [9.17, 15) is 18.0 Å². The van der Waals surface area contributed by atoms with Gasteiger partial charge in [0.15, 0.2) is 0 Å². The van der Waals surface area contributed by atoms with Crippen molar-refractivity contribution >= 4 is 11.4 Å². The predicted octanol–water partition coefficient (Wildman–Crippen LogP) is 1.60. The summed E-state index contributed by atoms with van der Waals surface area (Å²) in [6.45, 7) is -0.864. The first-order chi connectivity index (χ1) is 8.97. The van der Waals surface area contributed by atoms with Crippen LogP contribution in [0.4, 0.5) is 13.2 Å². The number of halogens is 3. The summed E-state index contributed by atoms with van der Waals surface area (Å²) in [5.74, 6) is -0.494. The number of hydrogen-bond acceptors (Lipinski definition) is 3. The van der Waals surface area contributed by atoms with Crippen molar-refractivity contribution in [2.24, 2.45) is 0 Å². The molecule has 1 N–H and O–H groups in total. The summed E-state index contributed by atoms with van der Waals surface area (Å²) in [6.07, 6.45) is -1.66. The number of alkyl halides is 3. The molecule has 102 valence electrons. The second-order valence-electron chi connectivity index (χ2n) is 3.64. The van der Waals surface area contributed by atoms with E-state index in [1.807, 2.05) is 0 Å². The first kappa shape index (κ1) is 13.3. The molecule has 2 aromatic rings. The number of ether oxygens (including phenoxy) is 1. The van der Waals surface area contributed by atoms with Gasteiger partial charge in [-0.05, 0) is 12.1 Å². The molecule has 0 atom stereocenters. The van der Waals surface area contributed by atoms with Crippen molar-refractivity contribution in [1.82, 2.24) is 14.9 Å². The van der Waals surface area contributed by atoms with E-state index in [2.05, 4.69) is 15.2 Å². The van der Waals surface area contributed by atoms with E-state index in [4.69, 9.17) is 0 Å². The Morgan fingerprint density at radius 2 is 2.21 bits per heavy atom. The van der Waals surface area contributed by atoms with Gasteiger partial charge in [0.2, 0.25) is 0 Å². The molecule has 2 rings (SSSR count). The number of carbonyl (C=O) groups excluding carboxylic acids is 1. The van der Waals surface area contributed by atoms with Gasteiger partial charge in [0, 0.05) is 12.7 Å². The highest BCUT2D eigenvalue weighted by molar-refractivity contribution is 6.00. The second kappa shape index (κ2) is 5.27. The molecule has 1 amide bonds. The predicted molar refractivity (Wildman–Crippen MR) is 59.5 cm³/mol. The summed E-state index contributed by atoms with van der Waals surface area (Å²) in [5, 5.41) is 6.28. The average molecular weight is 273 g/mol. The van der Waals surface area contributed by atoms with Gasteiger partial charge in [0.05, 0.1) is 23.9 Å². The zero-order valence-electron chi connectivity index (χ0n) is 9.65. The van der Waals surface area contributed by atoms with Crippen LogP contribution < -0.4 is 5.32 Å². The van der Waals surface area contributed by atoms with Gasteiger partial charge >= 0.3 is 6.36 Å². The highest BCUT2D eigenvalue weighted by Crippen LogP contribution is 2.15. The highest BCUT2D eigenvalue weighted by atomic mass is 19.4. The second-order valence-corrected chi connectivity index (χ2v) is 3.64. The number of rotatable bonds is 4. The van der Waals surface area contributed by atoms with Crippen molar-refractivity contribution in [2.75, 3.05) is 13.2 Å². The van der Waals surface area contributed by atoms with Crippen LogP contribution >= 0.6 is 0 Å². The fourth-order valence-corrected chi connectivity index (χ4v) is 1.54. The van der Waals surface area contributed by atoms with Gasteiger partial charge in [-0.25, -0.2) is 4.52 Å². The molecular formula is C11H10F3N3O2. The molecule has 0 spiro atoms. The number of pyridine rings is 1. The van der Waals surface area contributed by atoms with Crippen LogP contribution in [-0.4, -0.2) is 35.0 Å². The maximum absolute atomic E-state index is 11.7. The molecule has 19 heavy (non-hydrogen) atoms. The van der Waals surface area contributed by atoms with Gasteiger partial charge < -0.3 is 5.32 Å². The summed E-state index contributed by atoms with van der Waals surface area (Å²) < 4.78 is 40.2. The molecule has 0 aliphatic heterocycles. The van der Waals surface area contributed by atoms with Gasteiger partial charge in [-0.2, -0.15) is 5.10 Å². The molecule has 0 aromatic carbocycles. The molecule has 0 radical (unpaired) electrons. The van der Waals surface area contributed by atoms with Crippen LogP contribution in [0.15, 0.2) is 30.6 Å². The molecule has 0 saturated heterocycles. The Labute approximate surface area is 106 Å². The quantitative estimate of drug-likeness (QED) is 0.861. The van der Waals surface area contributed by atoms with Crippen LogP contribution in [0, 0.1) is 0 Å². The third-order valence-electron chi connectivity index (χ3n) is 2.32. The Hall–Kier alpha value is -2.09. The molecule has 2 aromatic heterocycles. The largest absolute Gasteiger partial charge is 0.522 e. The van der Waals surface area contributed by atoms with Crippen LogP contribution in [0.3, 0.4) is 0 Å². The van der Waals surface area contributed by atoms with E-state index < -0.39 is 18.9 Å². The average Bonchev–Trinajstić information content (AvgIpc) is 2.77. The first-order valence-electron chi connectivity index (χ1n) is 5.38. The first-order valence-corrected chi connectivity index (χ1v) is 5.38. The lowest BCUT2D eigenvalue weighted by Gasteiger charge is -2.07. The van der Waals surface area contributed by atoms with E-state index in [0.29, 0.717) is 11.1 Å². The number of fused-ring (bicyclic) bond motifs is 1. The van der Waals surface area contributed by atoms with Crippen molar-refractivity contribution in [3.63, 3.8) is 0 Å². The molecule has 0 bridgehead atoms. The topological polar surface area (TPSA) is 55.6 Å². The van der Waals surface area contributed by atoms with Crippen LogP contribution in [0.25, 0.3) is 5.52 Å². The molecule has 0 unspecified atom stereocenters. The summed E-state index contributed by atoms with van der Waals surface area (Å²) >= 11 is 0. The minimum absolute atomic E-state index is 0.234. The molecule has 0 fully saturated rings. The monoisotopic (exact) mass is 273 g/mol. The van der Waals surface area contributed by atoms with Gasteiger partial charge in [0.25, 0.3) is 5.91 Å². The van der Waals surface area contributed by atoms with Crippen LogP contribution in [-0.2, 0) is 4.74 Å². The van der Waals surface area contributed by atoms with E-state index in [1.54, 1.807) is 24.4 Å². The van der Waals surface area contributed by atoms with Gasteiger partial charge in [-0.1, -0.05) is 6.07 Å². The normalized spacial score (nSPS) is 11.7. The summed E-state index contributed by atoms with van der Waals surface area (Å²) in [4.78, 5) is 11.7. The summed E-state index contributed by atoms with van der Waals surface area (Å²) in [6, 6.07) is 5.17. The van der Waals surface area contributed by atoms with Gasteiger partial charge in [-0.15, -0.1) is 13.2 Å². The smallest absolute Gasteiger partial charge is 0.350 e. The lowest BCUT2D eigenvalue weighted by Crippen LogP contribution is -2.29. The number of amides is 1. The number of nitrogens with one attached hydrogen (secondary N) is 1. The lowest BCUT2D eigenvalue weighted by atomic mass is 10.2. The van der Waals surface area contributed by atoms with Crippen LogP contribution in [0.5, 0.6) is 0 Å². The summed E-state index contributed by atoms with van der Waals surface area (Å²) in [5.41, 5.74) is 0.879. The fraction of sp³-hybridized carbons (Fsp3) is 0.273. The van der Waals surface area contributed by atoms with Gasteiger partial charge in [0.1, 0.15) is 0 Å². The lowest BCUT2D eigenvalue weighted by molar-refractivity contribution is -0.323. The Morgan fingerprint density at radius 3 is 2.95 bits per heavy atom. The minimum Gasteiger partial charge on any atom is -0.350 e. The highest BCUT2D eigenvalue weighted by Gasteiger charge is 2.28. The molecule has 0 aliphatic carbocycles. The van der Waals surface area contributed by atoms with Gasteiger partial charge in [-0.3, -0.25) is 9.53 Å². The number of hydrogen-bond donors (Lipinski definition) is 1. The Kier molecular flexibility index (Phi) is 3.70. The van der Waals surface area contributed by atoms with Crippen molar-refractivity contribution < 1.29 is 22.7 Å².